The van der Waals surface area contributed by atoms with Crippen molar-refractivity contribution in [2.24, 2.45) is 17.8 Å². The topological polar surface area (TPSA) is 104 Å². The van der Waals surface area contributed by atoms with Gasteiger partial charge < -0.3 is 9.84 Å². The first-order valence-electron chi connectivity index (χ1n) is 12.5. The third-order valence-electron chi connectivity index (χ3n) is 8.70. The van der Waals surface area contributed by atoms with Crippen LogP contribution in [0, 0.1) is 17.8 Å². The molecule has 2 aliphatic heterocycles. The Balaban J connectivity index is 1.55. The number of phenols is 1. The first-order chi connectivity index (χ1) is 18.9. The number of hydrogen-bond donors (Lipinski definition) is 1. The predicted molar refractivity (Wildman–Crippen MR) is 152 cm³/mol. The van der Waals surface area contributed by atoms with Crippen LogP contribution in [0.5, 0.6) is 11.5 Å². The molecule has 1 N–H and O–H groups in total. The maximum Gasteiger partial charge on any atom is 0.253 e. The van der Waals surface area contributed by atoms with E-state index in [-0.39, 0.29) is 35.8 Å². The Morgan fingerprint density at radius 2 is 1.70 bits per heavy atom. The van der Waals surface area contributed by atoms with Gasteiger partial charge >= 0.3 is 0 Å². The lowest BCUT2D eigenvalue weighted by Crippen LogP contribution is -2.60. The normalized spacial score (nSPS) is 33.1. The molecule has 2 aromatic rings. The van der Waals surface area contributed by atoms with Crippen molar-refractivity contribution in [3.05, 3.63) is 63.1 Å². The monoisotopic (exact) mass is 666 g/mol. The molecule has 2 heterocycles. The maximum atomic E-state index is 14.0. The minimum absolute atomic E-state index is 0.118. The van der Waals surface area contributed by atoms with Crippen LogP contribution in [0.2, 0.25) is 5.02 Å². The number of carbonyl (C=O) groups excluding carboxylic acids is 4. The van der Waals surface area contributed by atoms with Gasteiger partial charge in [0.25, 0.3) is 11.8 Å². The number of phenolic OH excluding ortho intramolecular Hbond substituents is 1. The smallest absolute Gasteiger partial charge is 0.253 e. The molecule has 8 nitrogen and oxygen atoms in total. The highest BCUT2D eigenvalue weighted by molar-refractivity contribution is 9.10. The Morgan fingerprint density at radius 3 is 2.35 bits per heavy atom. The fourth-order valence-electron chi connectivity index (χ4n) is 6.90. The summed E-state index contributed by atoms with van der Waals surface area (Å²) < 4.78 is 5.88. The number of aromatic hydroxyl groups is 1. The average molecular weight is 669 g/mol. The molecule has 2 saturated heterocycles. The molecule has 6 rings (SSSR count). The van der Waals surface area contributed by atoms with Crippen LogP contribution in [0.3, 0.4) is 0 Å². The van der Waals surface area contributed by atoms with Crippen molar-refractivity contribution in [2.75, 3.05) is 19.1 Å². The Hall–Kier alpha value is -2.59. The molecule has 208 valence electrons. The van der Waals surface area contributed by atoms with Gasteiger partial charge in [0.05, 0.1) is 24.6 Å². The number of rotatable bonds is 3. The van der Waals surface area contributed by atoms with E-state index in [9.17, 15) is 24.3 Å². The van der Waals surface area contributed by atoms with Crippen LogP contribution in [0.4, 0.5) is 5.69 Å². The van der Waals surface area contributed by atoms with E-state index in [2.05, 4.69) is 15.9 Å². The number of carbonyl (C=O) groups is 4. The average Bonchev–Trinajstić information content (AvgIpc) is 3.25. The maximum absolute atomic E-state index is 14.0. The molecule has 0 radical (unpaired) electrons. The van der Waals surface area contributed by atoms with E-state index in [1.54, 1.807) is 42.5 Å². The van der Waals surface area contributed by atoms with Crippen molar-refractivity contribution in [1.82, 2.24) is 4.90 Å². The van der Waals surface area contributed by atoms with Crippen LogP contribution in [0.25, 0.3) is 0 Å². The second-order valence-corrected chi connectivity index (χ2v) is 13.1. The molecule has 1 saturated carbocycles. The van der Waals surface area contributed by atoms with Gasteiger partial charge in [0.15, 0.2) is 21.2 Å². The molecular formula is C28H22BrCl3N2O6. The number of alkyl halides is 2. The van der Waals surface area contributed by atoms with E-state index in [1.165, 1.54) is 14.2 Å². The van der Waals surface area contributed by atoms with Crippen LogP contribution in [-0.2, 0) is 19.2 Å². The van der Waals surface area contributed by atoms with Crippen molar-refractivity contribution < 1.29 is 29.0 Å². The molecule has 12 heteroatoms. The highest BCUT2D eigenvalue weighted by atomic mass is 79.9. The molecule has 6 atom stereocenters. The second kappa shape index (κ2) is 9.21. The van der Waals surface area contributed by atoms with Crippen molar-refractivity contribution in [2.45, 2.75) is 28.5 Å². The molecule has 0 bridgehead atoms. The molecule has 3 fully saturated rings. The van der Waals surface area contributed by atoms with E-state index in [0.717, 1.165) is 9.80 Å². The number of anilines is 1. The highest BCUT2D eigenvalue weighted by Crippen LogP contribution is 2.66. The summed E-state index contributed by atoms with van der Waals surface area (Å²) in [4.78, 5) is 52.9. The third kappa shape index (κ3) is 3.44. The largest absolute Gasteiger partial charge is 0.504 e. The van der Waals surface area contributed by atoms with Crippen LogP contribution in [0.15, 0.2) is 52.5 Å². The molecule has 0 aromatic heterocycles. The van der Waals surface area contributed by atoms with E-state index in [4.69, 9.17) is 39.5 Å². The zero-order chi connectivity index (χ0) is 28.9. The van der Waals surface area contributed by atoms with Crippen LogP contribution < -0.4 is 9.64 Å². The van der Waals surface area contributed by atoms with E-state index >= 15 is 0 Å². The lowest BCUT2D eigenvalue weighted by molar-refractivity contribution is -0.138. The zero-order valence-corrected chi connectivity index (χ0v) is 25.0. The lowest BCUT2D eigenvalue weighted by atomic mass is 9.56. The number of imide groups is 2. The van der Waals surface area contributed by atoms with Crippen LogP contribution >= 0.6 is 50.7 Å². The van der Waals surface area contributed by atoms with E-state index in [0.29, 0.717) is 20.8 Å². The quantitative estimate of drug-likeness (QED) is 0.280. The number of fused-ring (bicyclic) bond motifs is 4. The standard InChI is InChI=1S/C28H22BrCl3N2O6/c1-33-25(38)27(31)11-18-15(21(28(27,32)26(33)39)17-9-12(29)10-19(40-2)22(17)35)7-8-16-20(18)24(37)34(23(16)36)14-5-3-13(30)4-6-14/h3-7,9-10,16,18,20-21,35H,8,11H2,1-2H3. The van der Waals surface area contributed by atoms with Crippen molar-refractivity contribution in [1.29, 1.82) is 0 Å². The lowest BCUT2D eigenvalue weighted by Gasteiger charge is -2.50. The van der Waals surface area contributed by atoms with Gasteiger partial charge in [-0.05, 0) is 55.2 Å². The third-order valence-corrected chi connectivity index (χ3v) is 10.8. The molecule has 6 unspecified atom stereocenters. The second-order valence-electron chi connectivity index (χ2n) is 10.5. The Bertz CT molecular complexity index is 1550. The number of nitrogens with zero attached hydrogens (tertiary/aromatic N) is 2. The number of amides is 4. The number of hydrogen-bond acceptors (Lipinski definition) is 6. The number of benzene rings is 2. The fraction of sp³-hybridized carbons (Fsp3) is 0.357. The van der Waals surface area contributed by atoms with Gasteiger partial charge in [0, 0.05) is 28.0 Å². The predicted octanol–water partition coefficient (Wildman–Crippen LogP) is 5.01. The summed E-state index contributed by atoms with van der Waals surface area (Å²) in [6, 6.07) is 9.53. The number of methoxy groups -OCH3 is 1. The zero-order valence-electron chi connectivity index (χ0n) is 21.2. The van der Waals surface area contributed by atoms with Gasteiger partial charge in [-0.2, -0.15) is 0 Å². The van der Waals surface area contributed by atoms with Crippen molar-refractivity contribution in [3.8, 4) is 11.5 Å². The molecule has 40 heavy (non-hydrogen) atoms. The van der Waals surface area contributed by atoms with Crippen LogP contribution in [-0.4, -0.2) is 57.5 Å². The minimum Gasteiger partial charge on any atom is -0.504 e. The summed E-state index contributed by atoms with van der Waals surface area (Å²) in [6.07, 6.45) is 1.86. The molecular weight excluding hydrogens is 647 g/mol. The summed E-state index contributed by atoms with van der Waals surface area (Å²) in [6.45, 7) is 0. The van der Waals surface area contributed by atoms with Crippen molar-refractivity contribution in [3.63, 3.8) is 0 Å². The van der Waals surface area contributed by atoms with E-state index in [1.807, 2.05) is 0 Å². The van der Waals surface area contributed by atoms with E-state index < -0.39 is 51.1 Å². The summed E-state index contributed by atoms with van der Waals surface area (Å²) in [5.74, 6) is -5.74. The summed E-state index contributed by atoms with van der Waals surface area (Å²) in [7, 11) is 2.69. The number of allylic oxidation sites excluding steroid dienone is 2. The van der Waals surface area contributed by atoms with Gasteiger partial charge in [-0.25, -0.2) is 0 Å². The highest BCUT2D eigenvalue weighted by Gasteiger charge is 2.76. The molecule has 4 amide bonds. The first kappa shape index (κ1) is 27.6. The Labute approximate surface area is 252 Å². The van der Waals surface area contributed by atoms with Gasteiger partial charge in [0.1, 0.15) is 0 Å². The van der Waals surface area contributed by atoms with Crippen molar-refractivity contribution >= 4 is 80.0 Å². The number of halogens is 4. The molecule has 2 aromatic carbocycles. The van der Waals surface area contributed by atoms with Gasteiger partial charge in [-0.3, -0.25) is 29.0 Å². The summed E-state index contributed by atoms with van der Waals surface area (Å²) in [5, 5.41) is 11.7. The Morgan fingerprint density at radius 1 is 1.02 bits per heavy atom. The SMILES string of the molecule is COc1cc(Br)cc(C2C3=CCC4C(=O)N(c5ccc(Cl)cc5)C(=O)C4C3CC3(Cl)C(=O)N(C)C(=O)C23Cl)c1O. The number of ether oxygens (including phenoxy) is 1. The summed E-state index contributed by atoms with van der Waals surface area (Å²) in [5.41, 5.74) is 1.16. The van der Waals surface area contributed by atoms with Crippen LogP contribution in [0.1, 0.15) is 24.3 Å². The summed E-state index contributed by atoms with van der Waals surface area (Å²) >= 11 is 23.8. The fourth-order valence-corrected chi connectivity index (χ4v) is 8.50. The molecule has 4 aliphatic rings. The minimum atomic E-state index is -2.01. The van der Waals surface area contributed by atoms with Gasteiger partial charge in [-0.1, -0.05) is 39.2 Å². The molecule has 2 aliphatic carbocycles. The first-order valence-corrected chi connectivity index (χ1v) is 14.4. The number of likely N-dealkylation sites (tertiary alicyclic amines) is 1. The van der Waals surface area contributed by atoms with Gasteiger partial charge in [0.2, 0.25) is 11.8 Å². The van der Waals surface area contributed by atoms with Gasteiger partial charge in [-0.15, -0.1) is 23.2 Å². The Kier molecular flexibility index (Phi) is 6.35. The molecule has 0 spiro atoms.